The summed E-state index contributed by atoms with van der Waals surface area (Å²) in [6, 6.07) is 27.5. The maximum absolute atomic E-state index is 4.54. The van der Waals surface area contributed by atoms with E-state index in [1.807, 2.05) is 26.0 Å². The van der Waals surface area contributed by atoms with Crippen molar-refractivity contribution in [2.45, 2.75) is 13.8 Å². The average molecular weight is 311 g/mol. The molecule has 0 aromatic heterocycles. The van der Waals surface area contributed by atoms with Crippen LogP contribution in [0.5, 0.6) is 0 Å². The summed E-state index contributed by atoms with van der Waals surface area (Å²) in [5, 5.41) is 0. The quantitative estimate of drug-likeness (QED) is 0.497. The van der Waals surface area contributed by atoms with E-state index < -0.39 is 0 Å². The average Bonchev–Trinajstić information content (AvgIpc) is 2.62. The van der Waals surface area contributed by atoms with Crippen molar-refractivity contribution in [2.24, 2.45) is 4.99 Å². The van der Waals surface area contributed by atoms with Crippen molar-refractivity contribution in [3.05, 3.63) is 96.7 Å². The number of allylic oxidation sites excluding steroid dienone is 1. The van der Waals surface area contributed by atoms with E-state index >= 15 is 0 Å². The molecular weight excluding hydrogens is 290 g/mol. The van der Waals surface area contributed by atoms with Crippen molar-refractivity contribution in [2.75, 3.05) is 0 Å². The standard InChI is InChI=1S/C23H21N/c1-17(2)24-18(3)21-14-22(19-10-6-4-7-11-19)16-23(15-21)20-12-8-5-9-13-20/h4-16H,1H2,2-3H3. The second-order valence-corrected chi connectivity index (χ2v) is 5.96. The summed E-state index contributed by atoms with van der Waals surface area (Å²) in [5.41, 5.74) is 7.74. The van der Waals surface area contributed by atoms with E-state index in [-0.39, 0.29) is 0 Å². The number of benzene rings is 3. The summed E-state index contributed by atoms with van der Waals surface area (Å²) in [4.78, 5) is 4.54. The summed E-state index contributed by atoms with van der Waals surface area (Å²) in [6.07, 6.45) is 0. The van der Waals surface area contributed by atoms with Gasteiger partial charge in [-0.05, 0) is 59.9 Å². The third kappa shape index (κ3) is 3.69. The zero-order valence-corrected chi connectivity index (χ0v) is 14.2. The maximum Gasteiger partial charge on any atom is 0.0448 e. The highest BCUT2D eigenvalue weighted by Crippen LogP contribution is 2.28. The molecule has 1 heteroatoms. The molecule has 0 amide bonds. The summed E-state index contributed by atoms with van der Waals surface area (Å²) in [5.74, 6) is 0. The molecule has 0 aliphatic heterocycles. The first kappa shape index (κ1) is 15.9. The van der Waals surface area contributed by atoms with E-state index in [1.54, 1.807) is 0 Å². The number of hydrogen-bond acceptors (Lipinski definition) is 1. The summed E-state index contributed by atoms with van der Waals surface area (Å²) in [6.45, 7) is 7.85. The molecule has 0 fully saturated rings. The van der Waals surface area contributed by atoms with Gasteiger partial charge in [0.1, 0.15) is 0 Å². The van der Waals surface area contributed by atoms with Gasteiger partial charge in [-0.1, -0.05) is 67.2 Å². The van der Waals surface area contributed by atoms with Gasteiger partial charge in [0.05, 0.1) is 0 Å². The molecule has 3 rings (SSSR count). The molecule has 3 aromatic rings. The molecule has 0 aliphatic carbocycles. The normalized spacial score (nSPS) is 11.3. The second-order valence-electron chi connectivity index (χ2n) is 5.96. The zero-order chi connectivity index (χ0) is 16.9. The van der Waals surface area contributed by atoms with E-state index in [4.69, 9.17) is 0 Å². The van der Waals surface area contributed by atoms with E-state index in [2.05, 4.69) is 78.3 Å². The van der Waals surface area contributed by atoms with Gasteiger partial charge in [0.2, 0.25) is 0 Å². The minimum atomic E-state index is 0.818. The van der Waals surface area contributed by atoms with Crippen molar-refractivity contribution < 1.29 is 0 Å². The highest BCUT2D eigenvalue weighted by atomic mass is 14.7. The molecule has 0 saturated heterocycles. The molecule has 0 atom stereocenters. The molecule has 1 nitrogen and oxygen atoms in total. The Hall–Kier alpha value is -2.93. The van der Waals surface area contributed by atoms with Gasteiger partial charge in [0.15, 0.2) is 0 Å². The molecule has 0 radical (unpaired) electrons. The monoisotopic (exact) mass is 311 g/mol. The number of nitrogens with zero attached hydrogens (tertiary/aromatic N) is 1. The first-order valence-electron chi connectivity index (χ1n) is 8.10. The van der Waals surface area contributed by atoms with Crippen LogP contribution < -0.4 is 0 Å². The first-order chi connectivity index (χ1) is 11.6. The van der Waals surface area contributed by atoms with Crippen LogP contribution in [0.25, 0.3) is 22.3 Å². The Morgan fingerprint density at radius 2 is 1.12 bits per heavy atom. The van der Waals surface area contributed by atoms with Crippen molar-refractivity contribution in [1.82, 2.24) is 0 Å². The van der Waals surface area contributed by atoms with Crippen molar-refractivity contribution in [3.63, 3.8) is 0 Å². The molecule has 118 valence electrons. The largest absolute Gasteiger partial charge is 0.258 e. The fourth-order valence-electron chi connectivity index (χ4n) is 2.78. The molecule has 0 spiro atoms. The smallest absolute Gasteiger partial charge is 0.0448 e. The van der Waals surface area contributed by atoms with Gasteiger partial charge < -0.3 is 0 Å². The highest BCUT2D eigenvalue weighted by molar-refractivity contribution is 6.01. The minimum Gasteiger partial charge on any atom is -0.258 e. The third-order valence-electron chi connectivity index (χ3n) is 3.92. The zero-order valence-electron chi connectivity index (χ0n) is 14.2. The Balaban J connectivity index is 2.18. The Bertz CT molecular complexity index is 817. The van der Waals surface area contributed by atoms with Gasteiger partial charge in [-0.15, -0.1) is 0 Å². The Morgan fingerprint density at radius 1 is 0.667 bits per heavy atom. The molecule has 24 heavy (non-hydrogen) atoms. The summed E-state index contributed by atoms with van der Waals surface area (Å²) >= 11 is 0. The van der Waals surface area contributed by atoms with Crippen LogP contribution in [0.15, 0.2) is 96.1 Å². The number of hydrogen-bond donors (Lipinski definition) is 0. The predicted molar refractivity (Wildman–Crippen MR) is 104 cm³/mol. The Kier molecular flexibility index (Phi) is 4.72. The third-order valence-corrected chi connectivity index (χ3v) is 3.92. The second kappa shape index (κ2) is 7.10. The SMILES string of the molecule is C=C(C)N=C(C)c1cc(-c2ccccc2)cc(-c2ccccc2)c1. The van der Waals surface area contributed by atoms with Crippen LogP contribution >= 0.6 is 0 Å². The molecule has 0 bridgehead atoms. The lowest BCUT2D eigenvalue weighted by molar-refractivity contribution is 1.31. The van der Waals surface area contributed by atoms with Gasteiger partial charge in [-0.25, -0.2) is 0 Å². The van der Waals surface area contributed by atoms with E-state index in [9.17, 15) is 0 Å². The van der Waals surface area contributed by atoms with Crippen molar-refractivity contribution in [3.8, 4) is 22.3 Å². The van der Waals surface area contributed by atoms with Gasteiger partial charge >= 0.3 is 0 Å². The Labute approximate surface area is 144 Å². The maximum atomic E-state index is 4.54. The highest BCUT2D eigenvalue weighted by Gasteiger charge is 2.07. The number of aliphatic imine (C=N–C) groups is 1. The van der Waals surface area contributed by atoms with Crippen molar-refractivity contribution in [1.29, 1.82) is 0 Å². The fraction of sp³-hybridized carbons (Fsp3) is 0.0870. The molecule has 0 unspecified atom stereocenters. The van der Waals surface area contributed by atoms with Crippen LogP contribution in [0.1, 0.15) is 19.4 Å². The Morgan fingerprint density at radius 3 is 1.54 bits per heavy atom. The number of rotatable bonds is 4. The lowest BCUT2D eigenvalue weighted by Gasteiger charge is -2.11. The van der Waals surface area contributed by atoms with Crippen LogP contribution in [0, 0.1) is 0 Å². The van der Waals surface area contributed by atoms with Crippen LogP contribution in [-0.2, 0) is 0 Å². The van der Waals surface area contributed by atoms with Crippen LogP contribution in [-0.4, -0.2) is 5.71 Å². The molecule has 0 N–H and O–H groups in total. The van der Waals surface area contributed by atoms with Crippen LogP contribution in [0.3, 0.4) is 0 Å². The minimum absolute atomic E-state index is 0.818. The predicted octanol–water partition coefficient (Wildman–Crippen LogP) is 6.36. The summed E-state index contributed by atoms with van der Waals surface area (Å²) < 4.78 is 0. The molecule has 0 heterocycles. The summed E-state index contributed by atoms with van der Waals surface area (Å²) in [7, 11) is 0. The fourth-order valence-corrected chi connectivity index (χ4v) is 2.78. The van der Waals surface area contributed by atoms with E-state index in [1.165, 1.54) is 22.3 Å². The van der Waals surface area contributed by atoms with Crippen LogP contribution in [0.4, 0.5) is 0 Å². The lowest BCUT2D eigenvalue weighted by Crippen LogP contribution is -1.97. The van der Waals surface area contributed by atoms with Gasteiger partial charge in [-0.2, -0.15) is 0 Å². The molecule has 0 saturated carbocycles. The van der Waals surface area contributed by atoms with Crippen LogP contribution in [0.2, 0.25) is 0 Å². The van der Waals surface area contributed by atoms with Crippen molar-refractivity contribution >= 4 is 5.71 Å². The first-order valence-corrected chi connectivity index (χ1v) is 8.10. The van der Waals surface area contributed by atoms with E-state index in [0.717, 1.165) is 17.0 Å². The van der Waals surface area contributed by atoms with E-state index in [0.29, 0.717) is 0 Å². The molecular formula is C23H21N. The topological polar surface area (TPSA) is 12.4 Å². The van der Waals surface area contributed by atoms with Gasteiger partial charge in [-0.3, -0.25) is 4.99 Å². The molecule has 0 aliphatic rings. The van der Waals surface area contributed by atoms with Gasteiger partial charge in [0.25, 0.3) is 0 Å². The molecule has 3 aromatic carbocycles. The van der Waals surface area contributed by atoms with Gasteiger partial charge in [0, 0.05) is 11.4 Å². The lowest BCUT2D eigenvalue weighted by atomic mass is 9.95.